The lowest BCUT2D eigenvalue weighted by atomic mass is 10.3. The maximum atomic E-state index is 5.42. The molecule has 0 bridgehead atoms. The Morgan fingerprint density at radius 1 is 1.24 bits per heavy atom. The maximum absolute atomic E-state index is 5.42. The Morgan fingerprint density at radius 2 is 1.94 bits per heavy atom. The summed E-state index contributed by atoms with van der Waals surface area (Å²) in [7, 11) is 0. The number of nitrogens with one attached hydrogen (secondary N) is 1. The number of nitrogens with zero attached hydrogens (tertiary/aromatic N) is 2. The molecule has 1 aliphatic carbocycles. The second-order valence-corrected chi connectivity index (χ2v) is 5.70. The average molecular weight is 255 g/mol. The summed E-state index contributed by atoms with van der Waals surface area (Å²) in [5, 5.41) is 4.32. The van der Waals surface area contributed by atoms with Gasteiger partial charge in [-0.3, -0.25) is 4.90 Å². The molecule has 2 aliphatic rings. The first-order valence-electron chi connectivity index (χ1n) is 7.04. The minimum Gasteiger partial charge on any atom is -0.363 e. The summed E-state index contributed by atoms with van der Waals surface area (Å²) in [6.45, 7) is 9.14. The highest BCUT2D eigenvalue weighted by Crippen LogP contribution is 2.29. The third-order valence-corrected chi connectivity index (χ3v) is 4.08. The van der Waals surface area contributed by atoms with E-state index in [0.29, 0.717) is 0 Å². The third kappa shape index (κ3) is 4.43. The van der Waals surface area contributed by atoms with Crippen molar-refractivity contribution >= 4 is 17.3 Å². The summed E-state index contributed by atoms with van der Waals surface area (Å²) >= 11 is 5.42. The van der Waals surface area contributed by atoms with Crippen molar-refractivity contribution < 1.29 is 0 Å². The van der Waals surface area contributed by atoms with E-state index in [1.807, 2.05) is 0 Å². The first-order chi connectivity index (χ1) is 8.29. The minimum atomic E-state index is 0.963. The van der Waals surface area contributed by atoms with Gasteiger partial charge in [-0.25, -0.2) is 0 Å². The number of hydrogen-bond acceptors (Lipinski definition) is 2. The zero-order chi connectivity index (χ0) is 12.1. The molecule has 1 N–H and O–H groups in total. The Labute approximate surface area is 111 Å². The number of thiocarbonyl (C=S) groups is 1. The lowest BCUT2D eigenvalue weighted by molar-refractivity contribution is 0.175. The van der Waals surface area contributed by atoms with Crippen molar-refractivity contribution in [3.05, 3.63) is 0 Å². The first kappa shape index (κ1) is 13.1. The van der Waals surface area contributed by atoms with Crippen LogP contribution in [0.25, 0.3) is 0 Å². The van der Waals surface area contributed by atoms with Crippen LogP contribution in [0.4, 0.5) is 0 Å². The normalized spacial score (nSPS) is 21.6. The van der Waals surface area contributed by atoms with Crippen LogP contribution < -0.4 is 5.32 Å². The molecule has 0 spiro atoms. The number of unbranched alkanes of at least 4 members (excludes halogenated alkanes) is 1. The molecule has 98 valence electrons. The van der Waals surface area contributed by atoms with Crippen LogP contribution in [0.15, 0.2) is 0 Å². The van der Waals surface area contributed by atoms with E-state index in [1.54, 1.807) is 0 Å². The molecule has 0 amide bonds. The summed E-state index contributed by atoms with van der Waals surface area (Å²) < 4.78 is 0. The zero-order valence-corrected chi connectivity index (χ0v) is 11.8. The molecule has 1 saturated carbocycles. The largest absolute Gasteiger partial charge is 0.363 e. The number of rotatable bonds is 5. The quantitative estimate of drug-likeness (QED) is 0.595. The molecule has 2 fully saturated rings. The average Bonchev–Trinajstić information content (AvgIpc) is 3.14. The number of piperazine rings is 1. The molecule has 1 aliphatic heterocycles. The Kier molecular flexibility index (Phi) is 5.04. The van der Waals surface area contributed by atoms with Crippen molar-refractivity contribution in [1.82, 2.24) is 15.1 Å². The van der Waals surface area contributed by atoms with Gasteiger partial charge in [-0.15, -0.1) is 0 Å². The monoisotopic (exact) mass is 255 g/mol. The van der Waals surface area contributed by atoms with Gasteiger partial charge in [0.1, 0.15) is 0 Å². The van der Waals surface area contributed by atoms with Crippen molar-refractivity contribution in [3.63, 3.8) is 0 Å². The topological polar surface area (TPSA) is 18.5 Å². The molecule has 4 heteroatoms. The van der Waals surface area contributed by atoms with E-state index in [2.05, 4.69) is 22.0 Å². The van der Waals surface area contributed by atoms with Crippen molar-refractivity contribution in [1.29, 1.82) is 0 Å². The summed E-state index contributed by atoms with van der Waals surface area (Å²) in [5.74, 6) is 1.01. The van der Waals surface area contributed by atoms with E-state index < -0.39 is 0 Å². The molecule has 2 rings (SSSR count). The molecule has 0 aromatic heterocycles. The molecular formula is C13H25N3S. The lowest BCUT2D eigenvalue weighted by Gasteiger charge is -2.36. The second kappa shape index (κ2) is 6.55. The Bertz CT molecular complexity index is 245. The Balaban J connectivity index is 1.61. The molecule has 0 aromatic carbocycles. The van der Waals surface area contributed by atoms with Crippen LogP contribution in [0, 0.1) is 5.92 Å². The van der Waals surface area contributed by atoms with Crippen molar-refractivity contribution in [2.24, 2.45) is 5.92 Å². The van der Waals surface area contributed by atoms with Gasteiger partial charge in [-0.05, 0) is 37.4 Å². The predicted octanol–water partition coefficient (Wildman–Crippen LogP) is 1.69. The summed E-state index contributed by atoms with van der Waals surface area (Å²) in [5.41, 5.74) is 0. The summed E-state index contributed by atoms with van der Waals surface area (Å²) in [6.07, 6.45) is 5.35. The maximum Gasteiger partial charge on any atom is 0.169 e. The summed E-state index contributed by atoms with van der Waals surface area (Å²) in [4.78, 5) is 4.93. The van der Waals surface area contributed by atoms with Crippen LogP contribution in [-0.4, -0.2) is 54.2 Å². The minimum absolute atomic E-state index is 0.963. The fourth-order valence-electron chi connectivity index (χ4n) is 2.28. The van der Waals surface area contributed by atoms with E-state index in [0.717, 1.165) is 30.7 Å². The Hall–Kier alpha value is -0.350. The zero-order valence-electron chi connectivity index (χ0n) is 11.0. The van der Waals surface area contributed by atoms with Crippen LogP contribution in [0.2, 0.25) is 0 Å². The third-order valence-electron chi connectivity index (χ3n) is 3.68. The van der Waals surface area contributed by atoms with E-state index in [-0.39, 0.29) is 0 Å². The van der Waals surface area contributed by atoms with Crippen LogP contribution in [0.5, 0.6) is 0 Å². The fraction of sp³-hybridized carbons (Fsp3) is 0.923. The van der Waals surface area contributed by atoms with Crippen molar-refractivity contribution in [2.45, 2.75) is 32.6 Å². The van der Waals surface area contributed by atoms with E-state index in [1.165, 1.54) is 45.3 Å². The smallest absolute Gasteiger partial charge is 0.169 e. The SMILES string of the molecule is CCCCNC(=S)N1CCN(CC2CC2)CC1. The highest BCUT2D eigenvalue weighted by atomic mass is 32.1. The van der Waals surface area contributed by atoms with Gasteiger partial charge in [-0.2, -0.15) is 0 Å². The number of hydrogen-bond donors (Lipinski definition) is 1. The Morgan fingerprint density at radius 3 is 2.53 bits per heavy atom. The molecule has 1 heterocycles. The molecular weight excluding hydrogens is 230 g/mol. The molecule has 1 saturated heterocycles. The second-order valence-electron chi connectivity index (χ2n) is 5.32. The predicted molar refractivity (Wildman–Crippen MR) is 76.2 cm³/mol. The standard InChI is InChI=1S/C13H25N3S/c1-2-3-6-14-13(17)16-9-7-15(8-10-16)11-12-4-5-12/h12H,2-11H2,1H3,(H,14,17). The molecule has 0 atom stereocenters. The molecule has 0 radical (unpaired) electrons. The molecule has 3 nitrogen and oxygen atoms in total. The van der Waals surface area contributed by atoms with Crippen LogP contribution >= 0.6 is 12.2 Å². The van der Waals surface area contributed by atoms with Crippen LogP contribution in [0.1, 0.15) is 32.6 Å². The van der Waals surface area contributed by atoms with Gasteiger partial charge in [0.05, 0.1) is 0 Å². The first-order valence-corrected chi connectivity index (χ1v) is 7.45. The van der Waals surface area contributed by atoms with Gasteiger partial charge < -0.3 is 10.2 Å². The van der Waals surface area contributed by atoms with E-state index in [9.17, 15) is 0 Å². The fourth-order valence-corrected chi connectivity index (χ4v) is 2.57. The molecule has 17 heavy (non-hydrogen) atoms. The van der Waals surface area contributed by atoms with Crippen LogP contribution in [-0.2, 0) is 0 Å². The van der Waals surface area contributed by atoms with Crippen molar-refractivity contribution in [3.8, 4) is 0 Å². The van der Waals surface area contributed by atoms with Gasteiger partial charge in [-0.1, -0.05) is 13.3 Å². The van der Waals surface area contributed by atoms with Gasteiger partial charge in [0, 0.05) is 39.3 Å². The molecule has 0 unspecified atom stereocenters. The van der Waals surface area contributed by atoms with E-state index >= 15 is 0 Å². The van der Waals surface area contributed by atoms with Crippen molar-refractivity contribution in [2.75, 3.05) is 39.3 Å². The van der Waals surface area contributed by atoms with Gasteiger partial charge in [0.2, 0.25) is 0 Å². The highest BCUT2D eigenvalue weighted by Gasteiger charge is 2.26. The highest BCUT2D eigenvalue weighted by molar-refractivity contribution is 7.80. The van der Waals surface area contributed by atoms with Gasteiger partial charge in [0.25, 0.3) is 0 Å². The van der Waals surface area contributed by atoms with Gasteiger partial charge in [0.15, 0.2) is 5.11 Å². The molecule has 0 aromatic rings. The van der Waals surface area contributed by atoms with Crippen LogP contribution in [0.3, 0.4) is 0 Å². The van der Waals surface area contributed by atoms with Gasteiger partial charge >= 0.3 is 0 Å². The van der Waals surface area contributed by atoms with E-state index in [4.69, 9.17) is 12.2 Å². The lowest BCUT2D eigenvalue weighted by Crippen LogP contribution is -2.52. The summed E-state index contributed by atoms with van der Waals surface area (Å²) in [6, 6.07) is 0.